The highest BCUT2D eigenvalue weighted by Gasteiger charge is 2.41. The number of carbonyl (C=O) groups is 1. The molecule has 198 valence electrons. The van der Waals surface area contributed by atoms with E-state index in [9.17, 15) is 22.4 Å². The fourth-order valence-electron chi connectivity index (χ4n) is 5.29. The highest BCUT2D eigenvalue weighted by atomic mass is 19.2. The number of hydrogen-bond acceptors (Lipinski definition) is 4. The summed E-state index contributed by atoms with van der Waals surface area (Å²) in [5.74, 6) is -4.36. The van der Waals surface area contributed by atoms with Crippen LogP contribution in [0.2, 0.25) is 0 Å². The quantitative estimate of drug-likeness (QED) is 0.256. The van der Waals surface area contributed by atoms with Gasteiger partial charge in [0, 0.05) is 24.2 Å². The van der Waals surface area contributed by atoms with E-state index in [4.69, 9.17) is 0 Å². The van der Waals surface area contributed by atoms with Crippen LogP contribution in [0.5, 0.6) is 0 Å². The summed E-state index contributed by atoms with van der Waals surface area (Å²) in [6.45, 7) is 5.59. The molecule has 2 aromatic heterocycles. The molecule has 2 atom stereocenters. The number of aromatic nitrogens is 5. The number of aryl methyl sites for hydroxylation is 2. The summed E-state index contributed by atoms with van der Waals surface area (Å²) in [6, 6.07) is 6.94. The first-order chi connectivity index (χ1) is 18.1. The van der Waals surface area contributed by atoms with Gasteiger partial charge in [-0.15, -0.1) is 5.10 Å². The molecule has 7 nitrogen and oxygen atoms in total. The van der Waals surface area contributed by atoms with Gasteiger partial charge < -0.3 is 4.90 Å². The predicted octanol–water partition coefficient (Wildman–Crippen LogP) is 5.46. The molecule has 0 fully saturated rings. The topological polar surface area (TPSA) is 68.8 Å². The second-order valence-electron chi connectivity index (χ2n) is 9.36. The average molecular weight is 527 g/mol. The fourth-order valence-corrected chi connectivity index (χ4v) is 5.29. The third kappa shape index (κ3) is 4.15. The zero-order valence-corrected chi connectivity index (χ0v) is 21.3. The zero-order chi connectivity index (χ0) is 27.3. The van der Waals surface area contributed by atoms with E-state index in [0.29, 0.717) is 42.2 Å². The lowest BCUT2D eigenvalue weighted by Gasteiger charge is -2.40. The molecule has 0 saturated carbocycles. The molecule has 38 heavy (non-hydrogen) atoms. The number of fused-ring (bicyclic) bond motifs is 1. The molecule has 0 N–H and O–H groups in total. The fraction of sp³-hybridized carbons (Fsp3) is 0.333. The van der Waals surface area contributed by atoms with Gasteiger partial charge in [0.25, 0.3) is 5.91 Å². The Morgan fingerprint density at radius 1 is 1.00 bits per heavy atom. The third-order valence-electron chi connectivity index (χ3n) is 7.04. The molecule has 4 aromatic rings. The number of carbonyl (C=O) groups excluding carboxylic acids is 1. The molecule has 1 aliphatic rings. The Hall–Kier alpha value is -4.02. The van der Waals surface area contributed by atoms with Crippen LogP contribution in [0.3, 0.4) is 0 Å². The van der Waals surface area contributed by atoms with Crippen molar-refractivity contribution in [3.8, 4) is 16.9 Å². The number of rotatable bonds is 5. The molecule has 2 unspecified atom stereocenters. The molecule has 0 saturated heterocycles. The van der Waals surface area contributed by atoms with Crippen molar-refractivity contribution in [1.82, 2.24) is 29.4 Å². The molecule has 2 aromatic carbocycles. The zero-order valence-electron chi connectivity index (χ0n) is 21.3. The van der Waals surface area contributed by atoms with Gasteiger partial charge in [-0.3, -0.25) is 9.48 Å². The first-order valence-electron chi connectivity index (χ1n) is 12.4. The van der Waals surface area contributed by atoms with Crippen LogP contribution in [0, 0.1) is 30.2 Å². The van der Waals surface area contributed by atoms with Gasteiger partial charge >= 0.3 is 0 Å². The number of amides is 1. The molecule has 1 amide bonds. The van der Waals surface area contributed by atoms with Gasteiger partial charge in [0.15, 0.2) is 17.5 Å². The number of benzene rings is 2. The van der Waals surface area contributed by atoms with Crippen LogP contribution in [0.25, 0.3) is 16.9 Å². The summed E-state index contributed by atoms with van der Waals surface area (Å²) in [6.07, 6.45) is 1.50. The summed E-state index contributed by atoms with van der Waals surface area (Å²) < 4.78 is 58.2. The molecular weight excluding hydrogens is 500 g/mol. The van der Waals surface area contributed by atoms with Crippen LogP contribution in [0.1, 0.15) is 60.4 Å². The summed E-state index contributed by atoms with van der Waals surface area (Å²) in [5, 5.41) is 9.06. The predicted molar refractivity (Wildman–Crippen MR) is 132 cm³/mol. The van der Waals surface area contributed by atoms with Gasteiger partial charge in [-0.05, 0) is 62.6 Å². The van der Waals surface area contributed by atoms with Crippen molar-refractivity contribution in [1.29, 1.82) is 0 Å². The molecular formula is C27H26F4N6O. The maximum Gasteiger partial charge on any atom is 0.294 e. The number of hydrogen-bond donors (Lipinski definition) is 0. The minimum atomic E-state index is -1.53. The van der Waals surface area contributed by atoms with Crippen LogP contribution in [-0.2, 0) is 13.5 Å². The van der Waals surface area contributed by atoms with Crippen LogP contribution in [0.15, 0.2) is 36.4 Å². The second-order valence-corrected chi connectivity index (χ2v) is 9.36. The molecule has 3 heterocycles. The van der Waals surface area contributed by atoms with Crippen molar-refractivity contribution in [3.05, 3.63) is 82.6 Å². The van der Waals surface area contributed by atoms with E-state index in [2.05, 4.69) is 15.2 Å². The summed E-state index contributed by atoms with van der Waals surface area (Å²) in [5.41, 5.74) is 2.61. The monoisotopic (exact) mass is 526 g/mol. The van der Waals surface area contributed by atoms with Gasteiger partial charge in [0.05, 0.1) is 23.1 Å². The maximum absolute atomic E-state index is 14.1. The van der Waals surface area contributed by atoms with E-state index in [1.54, 1.807) is 31.0 Å². The minimum Gasteiger partial charge on any atom is -0.324 e. The van der Waals surface area contributed by atoms with Crippen molar-refractivity contribution in [2.45, 2.75) is 52.1 Å². The van der Waals surface area contributed by atoms with E-state index in [0.717, 1.165) is 17.7 Å². The van der Waals surface area contributed by atoms with Crippen molar-refractivity contribution in [3.63, 3.8) is 0 Å². The van der Waals surface area contributed by atoms with E-state index in [1.165, 1.54) is 21.5 Å². The maximum atomic E-state index is 14.1. The standard InChI is InChI=1S/C27H26F4N6O/c1-5-17-13-19-24(33-35(4)25(19)15-11-20(29)23(31)21(30)12-15)22(6-2)36(17)27(38)26-32-14(3)37(34-26)18-9-7-16(28)8-10-18/h7-12,17,22H,5-6,13H2,1-4H3. The van der Waals surface area contributed by atoms with Crippen molar-refractivity contribution in [2.75, 3.05) is 0 Å². The molecule has 0 bridgehead atoms. The molecule has 5 rings (SSSR count). The van der Waals surface area contributed by atoms with Gasteiger partial charge in [-0.25, -0.2) is 27.2 Å². The minimum absolute atomic E-state index is 0.00556. The van der Waals surface area contributed by atoms with Gasteiger partial charge in [0.1, 0.15) is 11.6 Å². The van der Waals surface area contributed by atoms with Crippen LogP contribution < -0.4 is 0 Å². The van der Waals surface area contributed by atoms with E-state index in [-0.39, 0.29) is 29.2 Å². The smallest absolute Gasteiger partial charge is 0.294 e. The van der Waals surface area contributed by atoms with Gasteiger partial charge in [-0.1, -0.05) is 13.8 Å². The second kappa shape index (κ2) is 9.70. The third-order valence-corrected chi connectivity index (χ3v) is 7.04. The molecule has 0 spiro atoms. The van der Waals surface area contributed by atoms with Crippen molar-refractivity contribution < 1.29 is 22.4 Å². The highest BCUT2D eigenvalue weighted by Crippen LogP contribution is 2.41. The van der Waals surface area contributed by atoms with Crippen molar-refractivity contribution >= 4 is 5.91 Å². The van der Waals surface area contributed by atoms with Crippen LogP contribution >= 0.6 is 0 Å². The largest absolute Gasteiger partial charge is 0.324 e. The van der Waals surface area contributed by atoms with Gasteiger partial charge in [0.2, 0.25) is 5.82 Å². The Kier molecular flexibility index (Phi) is 6.54. The molecule has 0 aliphatic carbocycles. The summed E-state index contributed by atoms with van der Waals surface area (Å²) in [4.78, 5) is 20.0. The Bertz CT molecular complexity index is 1500. The molecule has 0 radical (unpaired) electrons. The van der Waals surface area contributed by atoms with Crippen molar-refractivity contribution in [2.24, 2.45) is 7.05 Å². The summed E-state index contributed by atoms with van der Waals surface area (Å²) in [7, 11) is 1.65. The first-order valence-corrected chi connectivity index (χ1v) is 12.4. The Morgan fingerprint density at radius 2 is 1.66 bits per heavy atom. The lowest BCUT2D eigenvalue weighted by atomic mass is 9.87. The van der Waals surface area contributed by atoms with E-state index < -0.39 is 23.5 Å². The Labute approximate surface area is 216 Å². The van der Waals surface area contributed by atoms with E-state index in [1.807, 2.05) is 13.8 Å². The normalized spacial score (nSPS) is 17.1. The number of nitrogens with zero attached hydrogens (tertiary/aromatic N) is 6. The van der Waals surface area contributed by atoms with Gasteiger partial charge in [-0.2, -0.15) is 5.10 Å². The summed E-state index contributed by atoms with van der Waals surface area (Å²) >= 11 is 0. The number of halogens is 4. The average Bonchev–Trinajstić information content (AvgIpc) is 3.44. The Morgan fingerprint density at radius 3 is 2.26 bits per heavy atom. The van der Waals surface area contributed by atoms with Crippen LogP contribution in [0.4, 0.5) is 17.6 Å². The van der Waals surface area contributed by atoms with E-state index >= 15 is 0 Å². The molecule has 11 heteroatoms. The SMILES string of the molecule is CCC1Cc2c(nn(C)c2-c2cc(F)c(F)c(F)c2)C(CC)N1C(=O)c1nc(C)n(-c2ccc(F)cc2)n1. The Balaban J connectivity index is 1.56. The molecule has 1 aliphatic heterocycles. The van der Waals surface area contributed by atoms with Crippen LogP contribution in [-0.4, -0.2) is 41.4 Å². The lowest BCUT2D eigenvalue weighted by molar-refractivity contribution is 0.0500. The first kappa shape index (κ1) is 25.6. The lowest BCUT2D eigenvalue weighted by Crippen LogP contribution is -2.47. The highest BCUT2D eigenvalue weighted by molar-refractivity contribution is 5.91.